The highest BCUT2D eigenvalue weighted by molar-refractivity contribution is 5.95. The van der Waals surface area contributed by atoms with E-state index in [2.05, 4.69) is 56.8 Å². The fourth-order valence-electron chi connectivity index (χ4n) is 1.88. The van der Waals surface area contributed by atoms with E-state index in [1.54, 1.807) is 0 Å². The van der Waals surface area contributed by atoms with Crippen molar-refractivity contribution in [1.82, 2.24) is 0 Å². The van der Waals surface area contributed by atoms with E-state index in [0.29, 0.717) is 0 Å². The lowest BCUT2D eigenvalue weighted by Crippen LogP contribution is -1.85. The van der Waals surface area contributed by atoms with E-state index in [-0.39, 0.29) is 0 Å². The third-order valence-electron chi connectivity index (χ3n) is 2.57. The highest BCUT2D eigenvalue weighted by Crippen LogP contribution is 2.26. The maximum atomic E-state index is 4.02. The number of rotatable bonds is 1. The molecule has 0 aliphatic carbocycles. The summed E-state index contributed by atoms with van der Waals surface area (Å²) in [7, 11) is 0. The van der Waals surface area contributed by atoms with Crippen molar-refractivity contribution >= 4 is 16.3 Å². The second kappa shape index (κ2) is 3.30. The van der Waals surface area contributed by atoms with Gasteiger partial charge in [-0.15, -0.1) is 0 Å². The molecule has 0 bridgehead atoms. The number of aryl methyl sites for hydroxylation is 1. The average Bonchev–Trinajstić information content (AvgIpc) is 2.17. The summed E-state index contributed by atoms with van der Waals surface area (Å²) in [5, 5.41) is 2.63. The summed E-state index contributed by atoms with van der Waals surface area (Å²) < 4.78 is 0. The van der Waals surface area contributed by atoms with Gasteiger partial charge in [0.05, 0.1) is 0 Å². The fraction of sp³-hybridized carbons (Fsp3) is 0.143. The highest BCUT2D eigenvalue weighted by atomic mass is 14.1. The molecule has 2 aromatic carbocycles. The Hall–Kier alpha value is -1.56. The van der Waals surface area contributed by atoms with Crippen LogP contribution in [0.5, 0.6) is 0 Å². The molecule has 14 heavy (non-hydrogen) atoms. The third kappa shape index (κ3) is 1.33. The Labute approximate surface area is 84.9 Å². The first-order chi connectivity index (χ1) is 6.70. The second-order valence-electron chi connectivity index (χ2n) is 3.76. The molecule has 0 aliphatic heterocycles. The topological polar surface area (TPSA) is 0 Å². The van der Waals surface area contributed by atoms with Crippen LogP contribution in [0, 0.1) is 6.92 Å². The molecule has 70 valence electrons. The summed E-state index contributed by atoms with van der Waals surface area (Å²) in [6.45, 7) is 8.22. The van der Waals surface area contributed by atoms with Gasteiger partial charge in [0.25, 0.3) is 0 Å². The number of hydrogen-bond donors (Lipinski definition) is 0. The second-order valence-corrected chi connectivity index (χ2v) is 3.76. The van der Waals surface area contributed by atoms with Gasteiger partial charge in [-0.2, -0.15) is 0 Å². The van der Waals surface area contributed by atoms with Gasteiger partial charge in [0.1, 0.15) is 0 Å². The van der Waals surface area contributed by atoms with Crippen molar-refractivity contribution in [3.8, 4) is 0 Å². The summed E-state index contributed by atoms with van der Waals surface area (Å²) in [4.78, 5) is 0. The van der Waals surface area contributed by atoms with E-state index in [0.717, 1.165) is 5.57 Å². The summed E-state index contributed by atoms with van der Waals surface area (Å²) in [5.74, 6) is 0. The molecule has 0 unspecified atom stereocenters. The van der Waals surface area contributed by atoms with Crippen LogP contribution in [0.25, 0.3) is 16.3 Å². The Kier molecular flexibility index (Phi) is 2.12. The van der Waals surface area contributed by atoms with E-state index >= 15 is 0 Å². The zero-order valence-electron chi connectivity index (χ0n) is 8.67. The Morgan fingerprint density at radius 2 is 1.71 bits per heavy atom. The Morgan fingerprint density at radius 1 is 1.07 bits per heavy atom. The van der Waals surface area contributed by atoms with Crippen molar-refractivity contribution in [3.63, 3.8) is 0 Å². The van der Waals surface area contributed by atoms with E-state index in [1.165, 1.54) is 21.9 Å². The lowest BCUT2D eigenvalue weighted by atomic mass is 9.97. The maximum Gasteiger partial charge on any atom is -0.00797 e. The SMILES string of the molecule is C=C(C)c1cccc2cccc(C)c12. The third-order valence-corrected chi connectivity index (χ3v) is 2.57. The summed E-state index contributed by atoms with van der Waals surface area (Å²) >= 11 is 0. The molecule has 0 aromatic heterocycles. The van der Waals surface area contributed by atoms with Crippen molar-refractivity contribution < 1.29 is 0 Å². The van der Waals surface area contributed by atoms with Crippen LogP contribution in [0.4, 0.5) is 0 Å². The molecular formula is C14H14. The summed E-state index contributed by atoms with van der Waals surface area (Å²) in [6, 6.07) is 12.8. The minimum absolute atomic E-state index is 1.13. The van der Waals surface area contributed by atoms with Crippen LogP contribution in [0.3, 0.4) is 0 Å². The van der Waals surface area contributed by atoms with Gasteiger partial charge in [-0.3, -0.25) is 0 Å². The number of hydrogen-bond acceptors (Lipinski definition) is 0. The lowest BCUT2D eigenvalue weighted by molar-refractivity contribution is 1.51. The fourth-order valence-corrected chi connectivity index (χ4v) is 1.88. The average molecular weight is 182 g/mol. The first-order valence-corrected chi connectivity index (χ1v) is 4.84. The monoisotopic (exact) mass is 182 g/mol. The van der Waals surface area contributed by atoms with Crippen molar-refractivity contribution in [2.24, 2.45) is 0 Å². The first-order valence-electron chi connectivity index (χ1n) is 4.84. The molecule has 0 amide bonds. The molecule has 0 saturated carbocycles. The number of fused-ring (bicyclic) bond motifs is 1. The van der Waals surface area contributed by atoms with Crippen LogP contribution in [-0.4, -0.2) is 0 Å². The molecule has 2 aromatic rings. The molecule has 0 heteroatoms. The van der Waals surface area contributed by atoms with Gasteiger partial charge >= 0.3 is 0 Å². The van der Waals surface area contributed by atoms with Crippen LogP contribution in [0.2, 0.25) is 0 Å². The van der Waals surface area contributed by atoms with E-state index in [1.807, 2.05) is 0 Å². The van der Waals surface area contributed by atoms with Gasteiger partial charge < -0.3 is 0 Å². The maximum absolute atomic E-state index is 4.02. The molecule has 0 N–H and O–H groups in total. The van der Waals surface area contributed by atoms with Crippen LogP contribution in [0.1, 0.15) is 18.1 Å². The van der Waals surface area contributed by atoms with Gasteiger partial charge in [0.2, 0.25) is 0 Å². The molecule has 0 aliphatic rings. The predicted octanol–water partition coefficient (Wildman–Crippen LogP) is 4.18. The van der Waals surface area contributed by atoms with Gasteiger partial charge in [0.15, 0.2) is 0 Å². The van der Waals surface area contributed by atoms with Crippen molar-refractivity contribution in [2.45, 2.75) is 13.8 Å². The van der Waals surface area contributed by atoms with Crippen molar-refractivity contribution in [3.05, 3.63) is 54.1 Å². The van der Waals surface area contributed by atoms with E-state index in [4.69, 9.17) is 0 Å². The first kappa shape index (κ1) is 9.01. The molecule has 0 nitrogen and oxygen atoms in total. The van der Waals surface area contributed by atoms with E-state index < -0.39 is 0 Å². The van der Waals surface area contributed by atoms with Crippen molar-refractivity contribution in [2.75, 3.05) is 0 Å². The van der Waals surface area contributed by atoms with Gasteiger partial charge in [0, 0.05) is 0 Å². The molecule has 0 saturated heterocycles. The summed E-state index contributed by atoms with van der Waals surface area (Å²) in [5.41, 5.74) is 3.71. The highest BCUT2D eigenvalue weighted by Gasteiger charge is 2.02. The Balaban J connectivity index is 2.91. The molecular weight excluding hydrogens is 168 g/mol. The standard InChI is InChI=1S/C14H14/c1-10(2)13-9-5-8-12-7-4-6-11(3)14(12)13/h4-9H,1H2,2-3H3. The lowest BCUT2D eigenvalue weighted by Gasteiger charge is -2.08. The Bertz CT molecular complexity index is 487. The molecule has 0 fully saturated rings. The molecule has 0 radical (unpaired) electrons. The minimum atomic E-state index is 1.13. The number of allylic oxidation sites excluding steroid dienone is 1. The van der Waals surface area contributed by atoms with Gasteiger partial charge in [-0.05, 0) is 35.7 Å². The summed E-state index contributed by atoms with van der Waals surface area (Å²) in [6.07, 6.45) is 0. The normalized spacial score (nSPS) is 10.4. The Morgan fingerprint density at radius 3 is 2.36 bits per heavy atom. The van der Waals surface area contributed by atoms with Crippen LogP contribution in [-0.2, 0) is 0 Å². The quantitative estimate of drug-likeness (QED) is 0.620. The zero-order chi connectivity index (χ0) is 10.1. The molecule has 0 spiro atoms. The van der Waals surface area contributed by atoms with Gasteiger partial charge in [-0.1, -0.05) is 48.6 Å². The van der Waals surface area contributed by atoms with Crippen molar-refractivity contribution in [1.29, 1.82) is 0 Å². The zero-order valence-corrected chi connectivity index (χ0v) is 8.67. The van der Waals surface area contributed by atoms with Crippen LogP contribution in [0.15, 0.2) is 43.0 Å². The predicted molar refractivity (Wildman–Crippen MR) is 63.4 cm³/mol. The molecule has 0 atom stereocenters. The van der Waals surface area contributed by atoms with Crippen LogP contribution >= 0.6 is 0 Å². The van der Waals surface area contributed by atoms with E-state index in [9.17, 15) is 0 Å². The molecule has 2 rings (SSSR count). The van der Waals surface area contributed by atoms with Gasteiger partial charge in [-0.25, -0.2) is 0 Å². The smallest absolute Gasteiger partial charge is 0.00797 e. The number of benzene rings is 2. The van der Waals surface area contributed by atoms with Crippen LogP contribution < -0.4 is 0 Å². The minimum Gasteiger partial charge on any atom is -0.0955 e. The largest absolute Gasteiger partial charge is 0.0955 e. The molecule has 0 heterocycles.